The van der Waals surface area contributed by atoms with Gasteiger partial charge < -0.3 is 10.1 Å². The van der Waals surface area contributed by atoms with E-state index in [9.17, 15) is 9.59 Å². The minimum atomic E-state index is -0.741. The molecule has 2 rings (SSSR count). The van der Waals surface area contributed by atoms with Crippen molar-refractivity contribution in [2.45, 2.75) is 32.7 Å². The number of rotatable bonds is 4. The highest BCUT2D eigenvalue weighted by Gasteiger charge is 2.41. The lowest BCUT2D eigenvalue weighted by atomic mass is 9.89. The number of carbonyl (C=O) groups is 2. The van der Waals surface area contributed by atoms with Crippen molar-refractivity contribution >= 4 is 17.7 Å². The van der Waals surface area contributed by atoms with E-state index in [1.807, 2.05) is 32.9 Å². The van der Waals surface area contributed by atoms with Crippen molar-refractivity contribution < 1.29 is 14.3 Å². The Morgan fingerprint density at radius 1 is 1.38 bits per heavy atom. The number of esters is 1. The second-order valence-electron chi connectivity index (χ2n) is 5.64. The molecule has 0 bridgehead atoms. The van der Waals surface area contributed by atoms with Crippen LogP contribution in [0.1, 0.15) is 36.7 Å². The summed E-state index contributed by atoms with van der Waals surface area (Å²) in [4.78, 5) is 28.4. The molecule has 112 valence electrons. The molecule has 0 saturated carbocycles. The Morgan fingerprint density at radius 2 is 2.05 bits per heavy atom. The maximum absolute atomic E-state index is 12.1. The van der Waals surface area contributed by atoms with Gasteiger partial charge in [-0.05, 0) is 24.5 Å². The minimum absolute atomic E-state index is 0.0944. The van der Waals surface area contributed by atoms with Crippen molar-refractivity contribution in [3.8, 4) is 0 Å². The van der Waals surface area contributed by atoms with Crippen LogP contribution in [0.4, 0.5) is 0 Å². The Kier molecular flexibility index (Phi) is 4.11. The molecule has 21 heavy (non-hydrogen) atoms. The molecule has 1 aliphatic rings. The van der Waals surface area contributed by atoms with Crippen LogP contribution in [0.15, 0.2) is 29.3 Å². The molecule has 0 radical (unpaired) electrons. The number of methoxy groups -OCH3 is 1. The highest BCUT2D eigenvalue weighted by molar-refractivity contribution is 6.09. The maximum Gasteiger partial charge on any atom is 0.338 e. The van der Waals surface area contributed by atoms with E-state index in [1.165, 1.54) is 7.11 Å². The smallest absolute Gasteiger partial charge is 0.338 e. The second kappa shape index (κ2) is 5.68. The predicted molar refractivity (Wildman–Crippen MR) is 80.3 cm³/mol. The third-order valence-corrected chi connectivity index (χ3v) is 3.99. The fourth-order valence-electron chi connectivity index (χ4n) is 2.26. The van der Waals surface area contributed by atoms with E-state index >= 15 is 0 Å². The van der Waals surface area contributed by atoms with Gasteiger partial charge in [0.1, 0.15) is 11.4 Å². The molecule has 1 aromatic carbocycles. The number of hydrogen-bond donors (Lipinski definition) is 1. The lowest BCUT2D eigenvalue weighted by molar-refractivity contribution is -0.124. The van der Waals surface area contributed by atoms with Crippen LogP contribution < -0.4 is 5.32 Å². The Labute approximate surface area is 124 Å². The molecule has 1 atom stereocenters. The molecule has 1 N–H and O–H groups in total. The molecule has 5 heteroatoms. The van der Waals surface area contributed by atoms with Gasteiger partial charge in [0.2, 0.25) is 0 Å². The van der Waals surface area contributed by atoms with E-state index in [0.717, 1.165) is 5.56 Å². The second-order valence-corrected chi connectivity index (χ2v) is 5.64. The normalized spacial score (nSPS) is 21.2. The molecule has 0 aromatic heterocycles. The number of ether oxygens (including phenoxy) is 1. The Balaban J connectivity index is 2.28. The topological polar surface area (TPSA) is 67.8 Å². The number of benzene rings is 1. The van der Waals surface area contributed by atoms with E-state index in [4.69, 9.17) is 4.74 Å². The van der Waals surface area contributed by atoms with Crippen molar-refractivity contribution in [2.75, 3.05) is 7.11 Å². The zero-order chi connectivity index (χ0) is 15.6. The number of nitrogens with one attached hydrogen (secondary N) is 1. The average Bonchev–Trinajstić information content (AvgIpc) is 2.74. The molecule has 0 saturated heterocycles. The van der Waals surface area contributed by atoms with Crippen molar-refractivity contribution in [1.29, 1.82) is 0 Å². The number of hydrogen-bond acceptors (Lipinski definition) is 4. The fourth-order valence-corrected chi connectivity index (χ4v) is 2.26. The van der Waals surface area contributed by atoms with Crippen LogP contribution >= 0.6 is 0 Å². The standard InChI is InChI=1S/C16H20N2O3/c1-10(2)16(3)15(20)17-13(18-16)9-11-7-5-6-8-12(11)14(19)21-4/h5-8,10H,9H2,1-4H3,(H,17,18,20). The summed E-state index contributed by atoms with van der Waals surface area (Å²) >= 11 is 0. The van der Waals surface area contributed by atoms with Gasteiger partial charge in [-0.1, -0.05) is 32.0 Å². The fraction of sp³-hybridized carbons (Fsp3) is 0.438. The number of aliphatic imine (C=N–C) groups is 1. The highest BCUT2D eigenvalue weighted by Crippen LogP contribution is 2.26. The predicted octanol–water partition coefficient (Wildman–Crippen LogP) is 1.96. The number of nitrogens with zero attached hydrogens (tertiary/aromatic N) is 1. The summed E-state index contributed by atoms with van der Waals surface area (Å²) in [6, 6.07) is 7.18. The molecule has 1 heterocycles. The van der Waals surface area contributed by atoms with Gasteiger partial charge in [0, 0.05) is 6.42 Å². The van der Waals surface area contributed by atoms with Crippen LogP contribution in [0.25, 0.3) is 0 Å². The van der Waals surface area contributed by atoms with Crippen molar-refractivity contribution in [1.82, 2.24) is 5.32 Å². The molecule has 1 aliphatic heterocycles. The number of amidine groups is 1. The van der Waals surface area contributed by atoms with Gasteiger partial charge in [-0.2, -0.15) is 0 Å². The van der Waals surface area contributed by atoms with Crippen LogP contribution in [0.2, 0.25) is 0 Å². The van der Waals surface area contributed by atoms with Crippen molar-refractivity contribution in [3.05, 3.63) is 35.4 Å². The first-order chi connectivity index (χ1) is 9.88. The van der Waals surface area contributed by atoms with Crippen LogP contribution in [0.5, 0.6) is 0 Å². The first kappa shape index (κ1) is 15.2. The zero-order valence-corrected chi connectivity index (χ0v) is 12.8. The molecule has 1 unspecified atom stereocenters. The van der Waals surface area contributed by atoms with Gasteiger partial charge in [-0.3, -0.25) is 9.79 Å². The van der Waals surface area contributed by atoms with Crippen LogP contribution in [0.3, 0.4) is 0 Å². The largest absolute Gasteiger partial charge is 0.465 e. The Hall–Kier alpha value is -2.17. The lowest BCUT2D eigenvalue weighted by Gasteiger charge is -2.21. The summed E-state index contributed by atoms with van der Waals surface area (Å²) in [5.41, 5.74) is 0.543. The van der Waals surface area contributed by atoms with Gasteiger partial charge in [0.15, 0.2) is 0 Å². The molecule has 1 aromatic rings. The van der Waals surface area contributed by atoms with Gasteiger partial charge in [-0.25, -0.2) is 4.79 Å². The first-order valence-corrected chi connectivity index (χ1v) is 6.95. The van der Waals surface area contributed by atoms with Crippen LogP contribution in [0, 0.1) is 5.92 Å². The molecule has 5 nitrogen and oxygen atoms in total. The molecule has 0 aliphatic carbocycles. The quantitative estimate of drug-likeness (QED) is 0.861. The molecule has 0 fully saturated rings. The Bertz CT molecular complexity index is 607. The third kappa shape index (κ3) is 2.82. The molecule has 1 amide bonds. The van der Waals surface area contributed by atoms with E-state index < -0.39 is 5.54 Å². The van der Waals surface area contributed by atoms with Gasteiger partial charge >= 0.3 is 5.97 Å². The molecular weight excluding hydrogens is 268 g/mol. The van der Waals surface area contributed by atoms with Crippen molar-refractivity contribution in [3.63, 3.8) is 0 Å². The summed E-state index contributed by atoms with van der Waals surface area (Å²) < 4.78 is 4.78. The van der Waals surface area contributed by atoms with Gasteiger partial charge in [0.25, 0.3) is 5.91 Å². The number of carbonyl (C=O) groups excluding carboxylic acids is 2. The lowest BCUT2D eigenvalue weighted by Crippen LogP contribution is -2.41. The molecule has 0 spiro atoms. The summed E-state index contributed by atoms with van der Waals surface area (Å²) in [5, 5.41) is 2.82. The highest BCUT2D eigenvalue weighted by atomic mass is 16.5. The number of amides is 1. The maximum atomic E-state index is 12.1. The Morgan fingerprint density at radius 3 is 2.62 bits per heavy atom. The van der Waals surface area contributed by atoms with Crippen LogP contribution in [-0.4, -0.2) is 30.4 Å². The summed E-state index contributed by atoms with van der Waals surface area (Å²) in [6.45, 7) is 5.76. The first-order valence-electron chi connectivity index (χ1n) is 6.95. The van der Waals surface area contributed by atoms with Gasteiger partial charge in [-0.15, -0.1) is 0 Å². The summed E-state index contributed by atoms with van der Waals surface area (Å²) in [5.74, 6) is 0.212. The van der Waals surface area contributed by atoms with Gasteiger partial charge in [0.05, 0.1) is 12.7 Å². The van der Waals surface area contributed by atoms with E-state index in [1.54, 1.807) is 12.1 Å². The van der Waals surface area contributed by atoms with Crippen LogP contribution in [-0.2, 0) is 16.0 Å². The van der Waals surface area contributed by atoms with E-state index in [0.29, 0.717) is 17.8 Å². The summed E-state index contributed by atoms with van der Waals surface area (Å²) in [7, 11) is 1.35. The summed E-state index contributed by atoms with van der Waals surface area (Å²) in [6.07, 6.45) is 0.402. The monoisotopic (exact) mass is 288 g/mol. The SMILES string of the molecule is COC(=O)c1ccccc1CC1=NC(C)(C(C)C)C(=O)N1. The third-order valence-electron chi connectivity index (χ3n) is 3.99. The van der Waals surface area contributed by atoms with Crippen molar-refractivity contribution in [2.24, 2.45) is 10.9 Å². The minimum Gasteiger partial charge on any atom is -0.465 e. The van der Waals surface area contributed by atoms with E-state index in [2.05, 4.69) is 10.3 Å². The van der Waals surface area contributed by atoms with E-state index in [-0.39, 0.29) is 17.8 Å². The molecular formula is C16H20N2O3. The zero-order valence-electron chi connectivity index (χ0n) is 12.8. The average molecular weight is 288 g/mol.